The number of aliphatic hydroxyl groups is 1. The van der Waals surface area contributed by atoms with Crippen LogP contribution in [0.1, 0.15) is 31.0 Å². The summed E-state index contributed by atoms with van der Waals surface area (Å²) in [6.07, 6.45) is 0. The molecule has 0 bridgehead atoms. The van der Waals surface area contributed by atoms with Crippen LogP contribution in [0.2, 0.25) is 0 Å². The molecule has 1 amide bonds. The third kappa shape index (κ3) is 3.08. The maximum Gasteiger partial charge on any atom is 0.294 e. The van der Waals surface area contributed by atoms with Crippen molar-refractivity contribution in [3.63, 3.8) is 0 Å². The minimum atomic E-state index is -1.08. The number of carbonyl (C=O) groups excluding carboxylic acids is 2. The predicted octanol–water partition coefficient (Wildman–Crippen LogP) is 3.82. The van der Waals surface area contributed by atoms with E-state index in [2.05, 4.69) is 0 Å². The highest BCUT2D eigenvalue weighted by molar-refractivity contribution is 6.16. The van der Waals surface area contributed by atoms with E-state index in [4.69, 9.17) is 5.26 Å². The molecule has 3 rings (SSSR count). The third-order valence-corrected chi connectivity index (χ3v) is 4.47. The number of aliphatic hydroxyl groups excluding tert-OH is 1. The highest BCUT2D eigenvalue weighted by Crippen LogP contribution is 2.42. The number of Topliss-reactive ketones (excluding diaryl/α,β-unsaturated/α-hetero) is 1. The van der Waals surface area contributed by atoms with Crippen molar-refractivity contribution in [2.45, 2.75) is 19.9 Å². The van der Waals surface area contributed by atoms with Gasteiger partial charge in [0.1, 0.15) is 5.82 Å². The van der Waals surface area contributed by atoms with Crippen molar-refractivity contribution in [2.24, 2.45) is 5.92 Å². The SMILES string of the molecule is CC(C)C(=O)C1=C(O)C(=O)N(c2ccc(C#N)cc2)C1c1ccccc1F. The second-order valence-corrected chi connectivity index (χ2v) is 6.54. The average Bonchev–Trinajstić information content (AvgIpc) is 2.92. The first kappa shape index (κ1) is 18.3. The van der Waals surface area contributed by atoms with Gasteiger partial charge in [-0.15, -0.1) is 0 Å². The monoisotopic (exact) mass is 364 g/mol. The number of nitrogens with zero attached hydrogens (tertiary/aromatic N) is 2. The van der Waals surface area contributed by atoms with Crippen LogP contribution in [0.25, 0.3) is 0 Å². The molecule has 0 saturated carbocycles. The van der Waals surface area contributed by atoms with Gasteiger partial charge in [0.15, 0.2) is 11.5 Å². The number of nitriles is 1. The number of hydrogen-bond donors (Lipinski definition) is 1. The first-order valence-electron chi connectivity index (χ1n) is 8.42. The number of halogens is 1. The zero-order valence-electron chi connectivity index (χ0n) is 14.8. The normalized spacial score (nSPS) is 16.8. The molecule has 1 atom stereocenters. The summed E-state index contributed by atoms with van der Waals surface area (Å²) in [4.78, 5) is 26.7. The van der Waals surface area contributed by atoms with E-state index >= 15 is 0 Å². The van der Waals surface area contributed by atoms with Gasteiger partial charge < -0.3 is 5.11 Å². The zero-order chi connectivity index (χ0) is 19.7. The Morgan fingerprint density at radius 2 is 1.81 bits per heavy atom. The summed E-state index contributed by atoms with van der Waals surface area (Å²) >= 11 is 0. The summed E-state index contributed by atoms with van der Waals surface area (Å²) < 4.78 is 14.5. The van der Waals surface area contributed by atoms with Crippen molar-refractivity contribution in [3.8, 4) is 6.07 Å². The van der Waals surface area contributed by atoms with Gasteiger partial charge in [-0.05, 0) is 30.3 Å². The number of rotatable bonds is 4. The molecule has 0 saturated heterocycles. The van der Waals surface area contributed by atoms with Crippen LogP contribution in [0.15, 0.2) is 59.9 Å². The van der Waals surface area contributed by atoms with Crippen LogP contribution >= 0.6 is 0 Å². The van der Waals surface area contributed by atoms with Gasteiger partial charge in [-0.1, -0.05) is 32.0 Å². The highest BCUT2D eigenvalue weighted by Gasteiger charge is 2.45. The average molecular weight is 364 g/mol. The van der Waals surface area contributed by atoms with Crippen LogP contribution in [0.5, 0.6) is 0 Å². The minimum absolute atomic E-state index is 0.114. The van der Waals surface area contributed by atoms with Gasteiger partial charge >= 0.3 is 0 Å². The summed E-state index contributed by atoms with van der Waals surface area (Å²) in [6, 6.07) is 12.8. The van der Waals surface area contributed by atoms with Gasteiger partial charge in [-0.25, -0.2) is 4.39 Å². The molecule has 2 aromatic rings. The Bertz CT molecular complexity index is 987. The molecule has 1 aliphatic rings. The maximum atomic E-state index is 14.5. The molecule has 1 N–H and O–H groups in total. The van der Waals surface area contributed by atoms with Crippen LogP contribution in [0, 0.1) is 23.1 Å². The largest absolute Gasteiger partial charge is 0.503 e. The van der Waals surface area contributed by atoms with E-state index < -0.39 is 35.2 Å². The van der Waals surface area contributed by atoms with Crippen molar-refractivity contribution >= 4 is 17.4 Å². The van der Waals surface area contributed by atoms with Crippen molar-refractivity contribution in [1.29, 1.82) is 5.26 Å². The van der Waals surface area contributed by atoms with Crippen LogP contribution in [0.3, 0.4) is 0 Å². The zero-order valence-corrected chi connectivity index (χ0v) is 14.8. The highest BCUT2D eigenvalue weighted by atomic mass is 19.1. The Labute approximate surface area is 156 Å². The van der Waals surface area contributed by atoms with Crippen molar-refractivity contribution < 1.29 is 19.1 Å². The number of anilines is 1. The third-order valence-electron chi connectivity index (χ3n) is 4.47. The number of amides is 1. The van der Waals surface area contributed by atoms with E-state index in [9.17, 15) is 19.1 Å². The Balaban J connectivity index is 2.20. The first-order chi connectivity index (χ1) is 12.9. The molecule has 0 spiro atoms. The summed E-state index contributed by atoms with van der Waals surface area (Å²) in [6.45, 7) is 3.30. The van der Waals surface area contributed by atoms with Crippen LogP contribution in [-0.2, 0) is 9.59 Å². The van der Waals surface area contributed by atoms with Gasteiger partial charge in [0, 0.05) is 17.2 Å². The number of carbonyl (C=O) groups is 2. The van der Waals surface area contributed by atoms with Crippen LogP contribution in [-0.4, -0.2) is 16.8 Å². The van der Waals surface area contributed by atoms with E-state index in [1.807, 2.05) is 6.07 Å². The van der Waals surface area contributed by atoms with Crippen LogP contribution in [0.4, 0.5) is 10.1 Å². The molecular formula is C21H17FN2O3. The van der Waals surface area contributed by atoms with Gasteiger partial charge in [0.05, 0.1) is 23.2 Å². The van der Waals surface area contributed by atoms with E-state index in [-0.39, 0.29) is 11.1 Å². The molecule has 136 valence electrons. The lowest BCUT2D eigenvalue weighted by Crippen LogP contribution is -2.32. The lowest BCUT2D eigenvalue weighted by Gasteiger charge is -2.27. The topological polar surface area (TPSA) is 81.4 Å². The Hall–Kier alpha value is -3.46. The molecular weight excluding hydrogens is 347 g/mol. The molecule has 0 radical (unpaired) electrons. The fraction of sp³-hybridized carbons (Fsp3) is 0.190. The number of hydrogen-bond acceptors (Lipinski definition) is 4. The Morgan fingerprint density at radius 1 is 1.19 bits per heavy atom. The number of ketones is 1. The summed E-state index contributed by atoms with van der Waals surface area (Å²) in [5.41, 5.74) is 0.738. The molecule has 0 aromatic heterocycles. The summed E-state index contributed by atoms with van der Waals surface area (Å²) in [5.74, 6) is -2.95. The van der Waals surface area contributed by atoms with E-state index in [1.54, 1.807) is 19.9 Å². The minimum Gasteiger partial charge on any atom is -0.503 e. The molecule has 5 nitrogen and oxygen atoms in total. The van der Waals surface area contributed by atoms with Crippen LogP contribution < -0.4 is 4.90 Å². The van der Waals surface area contributed by atoms with Gasteiger partial charge in [0.2, 0.25) is 0 Å². The fourth-order valence-corrected chi connectivity index (χ4v) is 3.12. The predicted molar refractivity (Wildman–Crippen MR) is 97.3 cm³/mol. The Kier molecular flexibility index (Phi) is 4.78. The molecule has 1 aliphatic heterocycles. The van der Waals surface area contributed by atoms with E-state index in [0.29, 0.717) is 11.3 Å². The molecule has 1 unspecified atom stereocenters. The fourth-order valence-electron chi connectivity index (χ4n) is 3.12. The molecule has 27 heavy (non-hydrogen) atoms. The summed E-state index contributed by atoms with van der Waals surface area (Å²) in [7, 11) is 0. The maximum absolute atomic E-state index is 14.5. The second kappa shape index (κ2) is 7.04. The molecule has 0 aliphatic carbocycles. The number of benzene rings is 2. The smallest absolute Gasteiger partial charge is 0.294 e. The second-order valence-electron chi connectivity index (χ2n) is 6.54. The van der Waals surface area contributed by atoms with E-state index in [0.717, 1.165) is 0 Å². The van der Waals surface area contributed by atoms with Crippen molar-refractivity contribution in [1.82, 2.24) is 0 Å². The van der Waals surface area contributed by atoms with Gasteiger partial charge in [-0.3, -0.25) is 14.5 Å². The lowest BCUT2D eigenvalue weighted by atomic mass is 9.91. The summed E-state index contributed by atoms with van der Waals surface area (Å²) in [5, 5.41) is 19.4. The molecule has 6 heteroatoms. The molecule has 2 aromatic carbocycles. The Morgan fingerprint density at radius 3 is 2.37 bits per heavy atom. The molecule has 0 fully saturated rings. The lowest BCUT2D eigenvalue weighted by molar-refractivity contribution is -0.119. The van der Waals surface area contributed by atoms with Crippen molar-refractivity contribution in [2.75, 3.05) is 4.90 Å². The van der Waals surface area contributed by atoms with E-state index in [1.165, 1.54) is 47.4 Å². The standard InChI is InChI=1S/C21H17FN2O3/c1-12(2)19(25)17-18(15-5-3-4-6-16(15)22)24(21(27)20(17)26)14-9-7-13(11-23)8-10-14/h3-10,12,18,26H,1-2H3. The quantitative estimate of drug-likeness (QED) is 0.894. The van der Waals surface area contributed by atoms with Crippen molar-refractivity contribution in [3.05, 3.63) is 76.8 Å². The first-order valence-corrected chi connectivity index (χ1v) is 8.42. The molecule has 1 heterocycles. The van der Waals surface area contributed by atoms with Gasteiger partial charge in [-0.2, -0.15) is 5.26 Å². The van der Waals surface area contributed by atoms with Gasteiger partial charge in [0.25, 0.3) is 5.91 Å².